The second kappa shape index (κ2) is 6.38. The van der Waals surface area contributed by atoms with Gasteiger partial charge >= 0.3 is 0 Å². The van der Waals surface area contributed by atoms with E-state index in [0.717, 1.165) is 18.5 Å². The molecule has 3 atom stereocenters. The van der Waals surface area contributed by atoms with Crippen LogP contribution in [0.1, 0.15) is 37.7 Å². The van der Waals surface area contributed by atoms with E-state index < -0.39 is 0 Å². The zero-order chi connectivity index (χ0) is 13.8. The Morgan fingerprint density at radius 1 is 1.37 bits per heavy atom. The number of benzene rings is 1. The second-order valence-corrected chi connectivity index (χ2v) is 5.71. The van der Waals surface area contributed by atoms with Gasteiger partial charge in [-0.15, -0.1) is 0 Å². The molecule has 1 saturated carbocycles. The van der Waals surface area contributed by atoms with Gasteiger partial charge in [0.25, 0.3) is 0 Å². The molecule has 19 heavy (non-hydrogen) atoms. The van der Waals surface area contributed by atoms with E-state index in [4.69, 9.17) is 4.74 Å². The van der Waals surface area contributed by atoms with Crippen LogP contribution in [0.25, 0.3) is 0 Å². The molecule has 0 saturated heterocycles. The van der Waals surface area contributed by atoms with Crippen molar-refractivity contribution in [2.45, 2.75) is 32.1 Å². The number of rotatable bonds is 4. The van der Waals surface area contributed by atoms with E-state index in [1.165, 1.54) is 20.0 Å². The molecule has 0 heterocycles. The van der Waals surface area contributed by atoms with E-state index in [0.29, 0.717) is 23.5 Å². The van der Waals surface area contributed by atoms with E-state index in [9.17, 15) is 4.39 Å². The van der Waals surface area contributed by atoms with Gasteiger partial charge in [-0.05, 0) is 55.8 Å². The van der Waals surface area contributed by atoms with Crippen molar-refractivity contribution < 1.29 is 9.13 Å². The van der Waals surface area contributed by atoms with Gasteiger partial charge in [0.05, 0.1) is 7.11 Å². The lowest BCUT2D eigenvalue weighted by molar-refractivity contribution is 0.239. The lowest BCUT2D eigenvalue weighted by Gasteiger charge is -2.35. The van der Waals surface area contributed by atoms with Crippen LogP contribution in [0.15, 0.2) is 18.2 Å². The summed E-state index contributed by atoms with van der Waals surface area (Å²) in [6, 6.07) is 5.51. The van der Waals surface area contributed by atoms with E-state index in [1.54, 1.807) is 6.07 Å². The molecule has 1 aromatic rings. The number of halogens is 1. The standard InChI is InChI=1S/C16H24FNO/c1-11-7-8-12(10-18-2)14(9-11)13-5-4-6-15(19-3)16(13)17/h4-6,11-12,14,18H,7-10H2,1-3H3. The Balaban J connectivity index is 2.30. The van der Waals surface area contributed by atoms with Gasteiger partial charge in [-0.2, -0.15) is 0 Å². The van der Waals surface area contributed by atoms with Gasteiger partial charge < -0.3 is 10.1 Å². The van der Waals surface area contributed by atoms with Crippen molar-refractivity contribution in [2.75, 3.05) is 20.7 Å². The third-order valence-electron chi connectivity index (χ3n) is 4.33. The summed E-state index contributed by atoms with van der Waals surface area (Å²) in [4.78, 5) is 0. The quantitative estimate of drug-likeness (QED) is 0.898. The monoisotopic (exact) mass is 265 g/mol. The summed E-state index contributed by atoms with van der Waals surface area (Å²) in [6.45, 7) is 3.22. The maximum atomic E-state index is 14.5. The summed E-state index contributed by atoms with van der Waals surface area (Å²) in [5, 5.41) is 3.25. The van der Waals surface area contributed by atoms with Crippen LogP contribution in [0.5, 0.6) is 5.75 Å². The Bertz CT molecular complexity index is 421. The highest BCUT2D eigenvalue weighted by Crippen LogP contribution is 2.42. The minimum atomic E-state index is -0.176. The molecule has 3 heteroatoms. The molecule has 0 spiro atoms. The van der Waals surface area contributed by atoms with E-state index in [2.05, 4.69) is 12.2 Å². The van der Waals surface area contributed by atoms with Gasteiger partial charge in [-0.1, -0.05) is 25.5 Å². The van der Waals surface area contributed by atoms with Gasteiger partial charge in [-0.3, -0.25) is 0 Å². The van der Waals surface area contributed by atoms with Gasteiger partial charge in [0.1, 0.15) is 0 Å². The first kappa shape index (κ1) is 14.3. The Hall–Kier alpha value is -1.09. The SMILES string of the molecule is CNCC1CCC(C)CC1c1cccc(OC)c1F. The average molecular weight is 265 g/mol. The summed E-state index contributed by atoms with van der Waals surface area (Å²) in [6.07, 6.45) is 3.48. The van der Waals surface area contributed by atoms with Gasteiger partial charge in [0, 0.05) is 0 Å². The van der Waals surface area contributed by atoms with E-state index >= 15 is 0 Å². The van der Waals surface area contributed by atoms with Crippen LogP contribution in [-0.2, 0) is 0 Å². The zero-order valence-corrected chi connectivity index (χ0v) is 12.1. The minimum absolute atomic E-state index is 0.176. The van der Waals surface area contributed by atoms with Gasteiger partial charge in [-0.25, -0.2) is 4.39 Å². The summed E-state index contributed by atoms with van der Waals surface area (Å²) in [5.74, 6) is 1.67. The largest absolute Gasteiger partial charge is 0.494 e. The smallest absolute Gasteiger partial charge is 0.168 e. The number of nitrogens with one attached hydrogen (secondary N) is 1. The summed E-state index contributed by atoms with van der Waals surface area (Å²) in [7, 11) is 3.49. The van der Waals surface area contributed by atoms with Gasteiger partial charge in [0.2, 0.25) is 0 Å². The molecule has 0 aliphatic heterocycles. The number of methoxy groups -OCH3 is 1. The van der Waals surface area contributed by atoms with Crippen molar-refractivity contribution in [1.82, 2.24) is 5.32 Å². The van der Waals surface area contributed by atoms with Crippen molar-refractivity contribution >= 4 is 0 Å². The summed E-state index contributed by atoms with van der Waals surface area (Å²) < 4.78 is 19.6. The highest BCUT2D eigenvalue weighted by atomic mass is 19.1. The topological polar surface area (TPSA) is 21.3 Å². The highest BCUT2D eigenvalue weighted by molar-refractivity contribution is 5.34. The molecule has 0 bridgehead atoms. The maximum absolute atomic E-state index is 14.5. The molecule has 1 aromatic carbocycles. The first-order valence-electron chi connectivity index (χ1n) is 7.14. The van der Waals surface area contributed by atoms with Crippen molar-refractivity contribution in [3.63, 3.8) is 0 Å². The first-order chi connectivity index (χ1) is 9.17. The minimum Gasteiger partial charge on any atom is -0.494 e. The molecule has 0 aromatic heterocycles. The maximum Gasteiger partial charge on any atom is 0.168 e. The third-order valence-corrected chi connectivity index (χ3v) is 4.33. The third kappa shape index (κ3) is 3.08. The molecule has 106 valence electrons. The van der Waals surface area contributed by atoms with Crippen LogP contribution in [-0.4, -0.2) is 20.7 Å². The molecule has 0 radical (unpaired) electrons. The predicted octanol–water partition coefficient (Wildman–Crippen LogP) is 3.57. The van der Waals surface area contributed by atoms with Crippen molar-refractivity contribution in [1.29, 1.82) is 0 Å². The Morgan fingerprint density at radius 3 is 2.84 bits per heavy atom. The van der Waals surface area contributed by atoms with E-state index in [1.807, 2.05) is 19.2 Å². The van der Waals surface area contributed by atoms with Crippen molar-refractivity contribution in [2.24, 2.45) is 11.8 Å². The summed E-state index contributed by atoms with van der Waals surface area (Å²) in [5.41, 5.74) is 0.825. The Labute approximate surface area is 115 Å². The highest BCUT2D eigenvalue weighted by Gasteiger charge is 2.31. The molecular weight excluding hydrogens is 241 g/mol. The second-order valence-electron chi connectivity index (χ2n) is 5.71. The first-order valence-corrected chi connectivity index (χ1v) is 7.14. The van der Waals surface area contributed by atoms with E-state index in [-0.39, 0.29) is 5.82 Å². The lowest BCUT2D eigenvalue weighted by Crippen LogP contribution is -2.30. The van der Waals surface area contributed by atoms with Gasteiger partial charge in [0.15, 0.2) is 11.6 Å². The predicted molar refractivity (Wildman–Crippen MR) is 76.1 cm³/mol. The zero-order valence-electron chi connectivity index (χ0n) is 12.1. The van der Waals surface area contributed by atoms with Crippen LogP contribution in [0.2, 0.25) is 0 Å². The number of hydrogen-bond donors (Lipinski definition) is 1. The molecular formula is C16H24FNO. The fourth-order valence-electron chi connectivity index (χ4n) is 3.30. The molecule has 1 aliphatic rings. The Kier molecular flexibility index (Phi) is 4.81. The van der Waals surface area contributed by atoms with Crippen LogP contribution in [0.4, 0.5) is 4.39 Å². The molecule has 1 aliphatic carbocycles. The van der Waals surface area contributed by atoms with Crippen molar-refractivity contribution in [3.8, 4) is 5.75 Å². The molecule has 2 rings (SSSR count). The average Bonchev–Trinajstić information content (AvgIpc) is 2.41. The summed E-state index contributed by atoms with van der Waals surface area (Å²) >= 11 is 0. The molecule has 2 nitrogen and oxygen atoms in total. The molecule has 3 unspecified atom stereocenters. The molecule has 1 N–H and O–H groups in total. The Morgan fingerprint density at radius 2 is 2.16 bits per heavy atom. The number of hydrogen-bond acceptors (Lipinski definition) is 2. The van der Waals surface area contributed by atoms with Crippen LogP contribution in [0, 0.1) is 17.7 Å². The number of ether oxygens (including phenoxy) is 1. The van der Waals surface area contributed by atoms with Crippen molar-refractivity contribution in [3.05, 3.63) is 29.6 Å². The van der Waals surface area contributed by atoms with Crippen LogP contribution < -0.4 is 10.1 Å². The van der Waals surface area contributed by atoms with Crippen LogP contribution in [0.3, 0.4) is 0 Å². The fourth-order valence-corrected chi connectivity index (χ4v) is 3.30. The van der Waals surface area contributed by atoms with Crippen LogP contribution >= 0.6 is 0 Å². The normalized spacial score (nSPS) is 27.3. The molecule has 1 fully saturated rings. The fraction of sp³-hybridized carbons (Fsp3) is 0.625. The lowest BCUT2D eigenvalue weighted by atomic mass is 9.71. The molecule has 0 amide bonds.